The highest BCUT2D eigenvalue weighted by Gasteiger charge is 2.50. The molecule has 0 aromatic heterocycles. The first-order valence-electron chi connectivity index (χ1n) is 10.9. The SMILES string of the molecule is COc1cc(NC(=O)O[C@@H]2CO[C@H]3[C@@H]2OC[C@@H]3NC(=O)c2ccc(N(C)C)cc2)cc(OC)c1. The van der Waals surface area contributed by atoms with E-state index in [-0.39, 0.29) is 25.2 Å². The van der Waals surface area contributed by atoms with Gasteiger partial charge in [-0.3, -0.25) is 10.1 Å². The fourth-order valence-corrected chi connectivity index (χ4v) is 4.02. The predicted molar refractivity (Wildman–Crippen MR) is 125 cm³/mol. The molecule has 34 heavy (non-hydrogen) atoms. The van der Waals surface area contributed by atoms with Crippen LogP contribution in [0.1, 0.15) is 10.4 Å². The summed E-state index contributed by atoms with van der Waals surface area (Å²) in [5.41, 5.74) is 2.02. The Morgan fingerprint density at radius 3 is 2.21 bits per heavy atom. The van der Waals surface area contributed by atoms with Crippen LogP contribution in [0, 0.1) is 0 Å². The molecule has 182 valence electrons. The van der Waals surface area contributed by atoms with Crippen LogP contribution in [0.4, 0.5) is 16.2 Å². The number of hydrogen-bond acceptors (Lipinski definition) is 8. The predicted octanol–water partition coefficient (Wildman–Crippen LogP) is 2.28. The number of fused-ring (bicyclic) bond motifs is 1. The lowest BCUT2D eigenvalue weighted by atomic mass is 10.1. The number of nitrogens with zero attached hydrogens (tertiary/aromatic N) is 1. The smallest absolute Gasteiger partial charge is 0.412 e. The van der Waals surface area contributed by atoms with E-state index in [1.807, 2.05) is 31.1 Å². The zero-order valence-corrected chi connectivity index (χ0v) is 19.6. The molecule has 2 saturated heterocycles. The summed E-state index contributed by atoms with van der Waals surface area (Å²) in [6.07, 6.45) is -2.12. The number of benzene rings is 2. The highest BCUT2D eigenvalue weighted by atomic mass is 16.6. The van der Waals surface area contributed by atoms with Gasteiger partial charge in [-0.05, 0) is 24.3 Å². The molecule has 2 aliphatic heterocycles. The van der Waals surface area contributed by atoms with E-state index >= 15 is 0 Å². The first-order valence-corrected chi connectivity index (χ1v) is 10.9. The molecule has 2 aliphatic rings. The molecule has 0 aliphatic carbocycles. The lowest BCUT2D eigenvalue weighted by Gasteiger charge is -2.18. The van der Waals surface area contributed by atoms with Crippen LogP contribution < -0.4 is 25.0 Å². The lowest BCUT2D eigenvalue weighted by Crippen LogP contribution is -2.44. The van der Waals surface area contributed by atoms with Crippen LogP contribution in [-0.4, -0.2) is 77.9 Å². The van der Waals surface area contributed by atoms with Crippen molar-refractivity contribution in [1.29, 1.82) is 0 Å². The lowest BCUT2D eigenvalue weighted by molar-refractivity contribution is 0.00861. The average Bonchev–Trinajstić information content (AvgIpc) is 3.41. The zero-order valence-electron chi connectivity index (χ0n) is 19.6. The zero-order chi connectivity index (χ0) is 24.2. The molecular weight excluding hydrogens is 442 g/mol. The Kier molecular flexibility index (Phi) is 7.09. The first kappa shape index (κ1) is 23.7. The minimum Gasteiger partial charge on any atom is -0.497 e. The van der Waals surface area contributed by atoms with E-state index in [1.165, 1.54) is 14.2 Å². The van der Waals surface area contributed by atoms with Crippen molar-refractivity contribution in [1.82, 2.24) is 5.32 Å². The van der Waals surface area contributed by atoms with Gasteiger partial charge in [0.05, 0.1) is 39.2 Å². The monoisotopic (exact) mass is 471 g/mol. The molecule has 2 aromatic rings. The number of nitrogens with one attached hydrogen (secondary N) is 2. The minimum atomic E-state index is -0.651. The Bertz CT molecular complexity index is 1010. The highest BCUT2D eigenvalue weighted by Crippen LogP contribution is 2.30. The van der Waals surface area contributed by atoms with Crippen LogP contribution in [0.5, 0.6) is 11.5 Å². The summed E-state index contributed by atoms with van der Waals surface area (Å²) >= 11 is 0. The van der Waals surface area contributed by atoms with E-state index < -0.39 is 24.4 Å². The second kappa shape index (κ2) is 10.2. The summed E-state index contributed by atoms with van der Waals surface area (Å²) in [4.78, 5) is 27.1. The number of rotatable bonds is 7. The minimum absolute atomic E-state index is 0.175. The van der Waals surface area contributed by atoms with E-state index in [0.29, 0.717) is 22.7 Å². The molecule has 10 nitrogen and oxygen atoms in total. The average molecular weight is 472 g/mol. The fraction of sp³-hybridized carbons (Fsp3) is 0.417. The van der Waals surface area contributed by atoms with E-state index in [9.17, 15) is 9.59 Å². The van der Waals surface area contributed by atoms with E-state index in [2.05, 4.69) is 10.6 Å². The number of methoxy groups -OCH3 is 2. The van der Waals surface area contributed by atoms with Crippen molar-refractivity contribution in [3.63, 3.8) is 0 Å². The molecule has 0 radical (unpaired) electrons. The molecule has 2 N–H and O–H groups in total. The number of amides is 2. The molecule has 10 heteroatoms. The summed E-state index contributed by atoms with van der Waals surface area (Å²) in [5, 5.41) is 5.64. The van der Waals surface area contributed by atoms with Gasteiger partial charge in [0.1, 0.15) is 23.7 Å². The van der Waals surface area contributed by atoms with Crippen LogP contribution in [0.2, 0.25) is 0 Å². The maximum atomic E-state index is 12.7. The van der Waals surface area contributed by atoms with Gasteiger partial charge in [-0.15, -0.1) is 0 Å². The van der Waals surface area contributed by atoms with Crippen molar-refractivity contribution in [3.05, 3.63) is 48.0 Å². The molecule has 2 amide bonds. The Labute approximate surface area is 198 Å². The topological polar surface area (TPSA) is 108 Å². The van der Waals surface area contributed by atoms with Crippen molar-refractivity contribution in [2.45, 2.75) is 24.4 Å². The van der Waals surface area contributed by atoms with Gasteiger partial charge >= 0.3 is 6.09 Å². The van der Waals surface area contributed by atoms with Gasteiger partial charge < -0.3 is 33.9 Å². The molecule has 4 atom stereocenters. The summed E-state index contributed by atoms with van der Waals surface area (Å²) < 4.78 is 27.6. The third-order valence-electron chi connectivity index (χ3n) is 5.83. The van der Waals surface area contributed by atoms with Crippen LogP contribution in [0.25, 0.3) is 0 Å². The number of carbonyl (C=O) groups excluding carboxylic acids is 2. The van der Waals surface area contributed by atoms with E-state index in [4.69, 9.17) is 23.7 Å². The maximum absolute atomic E-state index is 12.7. The molecule has 4 rings (SSSR count). The molecule has 2 aromatic carbocycles. The normalized spacial score (nSPS) is 23.1. The second-order valence-corrected chi connectivity index (χ2v) is 8.29. The van der Waals surface area contributed by atoms with Crippen LogP contribution in [-0.2, 0) is 14.2 Å². The van der Waals surface area contributed by atoms with Crippen LogP contribution in [0.15, 0.2) is 42.5 Å². The third kappa shape index (κ3) is 5.18. The Morgan fingerprint density at radius 1 is 0.941 bits per heavy atom. The maximum Gasteiger partial charge on any atom is 0.412 e. The van der Waals surface area contributed by atoms with E-state index in [1.54, 1.807) is 30.3 Å². The van der Waals surface area contributed by atoms with Gasteiger partial charge in [-0.1, -0.05) is 0 Å². The molecular formula is C24H29N3O7. The molecule has 0 saturated carbocycles. The van der Waals surface area contributed by atoms with Gasteiger partial charge in [0.15, 0.2) is 6.10 Å². The summed E-state index contributed by atoms with van der Waals surface area (Å²) in [7, 11) is 6.93. The number of carbonyl (C=O) groups is 2. The standard InChI is InChI=1S/C24H29N3O7/c1-27(2)16-7-5-14(6-8-16)23(28)26-19-12-32-22-20(13-33-21(19)22)34-24(29)25-15-9-17(30-3)11-18(10-15)31-4/h5-11,19-22H,12-13H2,1-4H3,(H,25,29)(H,26,28)/t19-,20+,21+,22+/m0/s1. The van der Waals surface area contributed by atoms with Crippen molar-refractivity contribution < 1.29 is 33.3 Å². The van der Waals surface area contributed by atoms with Crippen molar-refractivity contribution in [2.24, 2.45) is 0 Å². The molecule has 2 heterocycles. The van der Waals surface area contributed by atoms with Gasteiger partial charge in [-0.25, -0.2) is 4.79 Å². The van der Waals surface area contributed by atoms with Gasteiger partial charge in [0, 0.05) is 43.5 Å². The van der Waals surface area contributed by atoms with Gasteiger partial charge in [0.25, 0.3) is 5.91 Å². The highest BCUT2D eigenvalue weighted by molar-refractivity contribution is 5.94. The molecule has 0 bridgehead atoms. The number of ether oxygens (including phenoxy) is 5. The summed E-state index contributed by atoms with van der Waals surface area (Å²) in [6, 6.07) is 12.0. The first-order chi connectivity index (χ1) is 16.4. The summed E-state index contributed by atoms with van der Waals surface area (Å²) in [5.74, 6) is 0.859. The van der Waals surface area contributed by atoms with E-state index in [0.717, 1.165) is 5.69 Å². The Hall–Kier alpha value is -3.50. The second-order valence-electron chi connectivity index (χ2n) is 8.29. The van der Waals surface area contributed by atoms with Crippen LogP contribution in [0.3, 0.4) is 0 Å². The summed E-state index contributed by atoms with van der Waals surface area (Å²) in [6.45, 7) is 0.444. The Morgan fingerprint density at radius 2 is 1.59 bits per heavy atom. The van der Waals surface area contributed by atoms with Crippen molar-refractivity contribution >= 4 is 23.4 Å². The van der Waals surface area contributed by atoms with Gasteiger partial charge in [0.2, 0.25) is 0 Å². The number of anilines is 2. The van der Waals surface area contributed by atoms with Crippen molar-refractivity contribution in [2.75, 3.05) is 51.7 Å². The van der Waals surface area contributed by atoms with Crippen LogP contribution >= 0.6 is 0 Å². The molecule has 0 unspecified atom stereocenters. The quantitative estimate of drug-likeness (QED) is 0.634. The largest absolute Gasteiger partial charge is 0.497 e. The molecule has 0 spiro atoms. The number of hydrogen-bond donors (Lipinski definition) is 2. The van der Waals surface area contributed by atoms with Crippen molar-refractivity contribution in [3.8, 4) is 11.5 Å². The molecule has 2 fully saturated rings. The van der Waals surface area contributed by atoms with Gasteiger partial charge in [-0.2, -0.15) is 0 Å². The third-order valence-corrected chi connectivity index (χ3v) is 5.83. The fourth-order valence-electron chi connectivity index (χ4n) is 4.02. The Balaban J connectivity index is 1.32.